The predicted molar refractivity (Wildman–Crippen MR) is 85.3 cm³/mol. The number of fused-ring (bicyclic) bond motifs is 3. The summed E-state index contributed by atoms with van der Waals surface area (Å²) in [6.07, 6.45) is 1.56. The number of hydrogen-bond acceptors (Lipinski definition) is 4. The zero-order valence-corrected chi connectivity index (χ0v) is 11.5. The van der Waals surface area contributed by atoms with Gasteiger partial charge in [-0.2, -0.15) is 0 Å². The predicted octanol–water partition coefficient (Wildman–Crippen LogP) is 3.56. The second-order valence-electron chi connectivity index (χ2n) is 5.02. The third-order valence-electron chi connectivity index (χ3n) is 3.82. The Kier molecular flexibility index (Phi) is 2.69. The van der Waals surface area contributed by atoms with E-state index in [1.54, 1.807) is 0 Å². The van der Waals surface area contributed by atoms with Crippen LogP contribution >= 0.6 is 0 Å². The fourth-order valence-electron chi connectivity index (χ4n) is 2.82. The highest BCUT2D eigenvalue weighted by Gasteiger charge is 2.16. The molecule has 0 unspecified atom stereocenters. The van der Waals surface area contributed by atoms with E-state index < -0.39 is 0 Å². The van der Waals surface area contributed by atoms with Crippen molar-refractivity contribution in [3.05, 3.63) is 59.7 Å². The maximum atomic E-state index is 11.6. The maximum absolute atomic E-state index is 11.6. The van der Waals surface area contributed by atoms with Gasteiger partial charge in [-0.1, -0.05) is 36.4 Å². The van der Waals surface area contributed by atoms with E-state index in [0.29, 0.717) is 33.2 Å². The molecule has 0 saturated carbocycles. The van der Waals surface area contributed by atoms with E-state index in [2.05, 4.69) is 9.97 Å². The van der Waals surface area contributed by atoms with Gasteiger partial charge in [-0.05, 0) is 22.9 Å². The second kappa shape index (κ2) is 4.70. The minimum absolute atomic E-state index is 0.467. The monoisotopic (exact) mass is 286 g/mol. The number of nitrogens with zero attached hydrogens (tertiary/aromatic N) is 2. The van der Waals surface area contributed by atoms with Crippen LogP contribution in [0.5, 0.6) is 0 Å². The first kappa shape index (κ1) is 12.6. The zero-order valence-electron chi connectivity index (χ0n) is 11.5. The summed E-state index contributed by atoms with van der Waals surface area (Å²) in [6.45, 7) is 0. The van der Waals surface area contributed by atoms with E-state index >= 15 is 0 Å². The molecule has 4 nitrogen and oxygen atoms in total. The van der Waals surface area contributed by atoms with Crippen molar-refractivity contribution in [1.82, 2.24) is 9.97 Å². The summed E-state index contributed by atoms with van der Waals surface area (Å²) in [5.41, 5.74) is 3.27. The first-order chi connectivity index (χ1) is 10.8. The largest absolute Gasteiger partial charge is 0.298 e. The van der Waals surface area contributed by atoms with Crippen molar-refractivity contribution in [3.63, 3.8) is 0 Å². The van der Waals surface area contributed by atoms with Crippen molar-refractivity contribution in [1.29, 1.82) is 0 Å². The van der Waals surface area contributed by atoms with Crippen LogP contribution < -0.4 is 0 Å². The molecule has 0 aliphatic rings. The fraction of sp³-hybridized carbons (Fsp3) is 0. The first-order valence-corrected chi connectivity index (χ1v) is 6.85. The van der Waals surface area contributed by atoms with Gasteiger partial charge in [-0.3, -0.25) is 9.59 Å². The highest BCUT2D eigenvalue weighted by Crippen LogP contribution is 2.30. The van der Waals surface area contributed by atoms with Gasteiger partial charge in [0.15, 0.2) is 12.6 Å². The van der Waals surface area contributed by atoms with E-state index in [1.165, 1.54) is 0 Å². The van der Waals surface area contributed by atoms with Gasteiger partial charge in [0.25, 0.3) is 0 Å². The Morgan fingerprint density at radius 3 is 1.45 bits per heavy atom. The summed E-state index contributed by atoms with van der Waals surface area (Å²) in [6, 6.07) is 14.7. The number of aromatic nitrogens is 2. The minimum atomic E-state index is 0.467. The lowest BCUT2D eigenvalue weighted by Gasteiger charge is -2.10. The third-order valence-corrected chi connectivity index (χ3v) is 3.82. The molecule has 22 heavy (non-hydrogen) atoms. The summed E-state index contributed by atoms with van der Waals surface area (Å²) < 4.78 is 0. The molecule has 0 amide bonds. The minimum Gasteiger partial charge on any atom is -0.298 e. The fourth-order valence-corrected chi connectivity index (χ4v) is 2.82. The molecule has 0 aliphatic heterocycles. The summed E-state index contributed by atoms with van der Waals surface area (Å²) in [4.78, 5) is 32.3. The number of aldehydes is 2. The second-order valence-corrected chi connectivity index (χ2v) is 5.02. The Bertz CT molecular complexity index is 985. The van der Waals surface area contributed by atoms with Crippen LogP contribution in [0.2, 0.25) is 0 Å². The van der Waals surface area contributed by atoms with E-state index in [0.717, 1.165) is 23.3 Å². The molecule has 0 fully saturated rings. The number of benzene rings is 3. The van der Waals surface area contributed by atoms with E-state index in [9.17, 15) is 9.59 Å². The Labute approximate surface area is 125 Å². The highest BCUT2D eigenvalue weighted by atomic mass is 16.1. The quantitative estimate of drug-likeness (QED) is 0.417. The van der Waals surface area contributed by atoms with Crippen LogP contribution in [0.25, 0.3) is 32.8 Å². The summed E-state index contributed by atoms with van der Waals surface area (Å²) in [7, 11) is 0. The van der Waals surface area contributed by atoms with Gasteiger partial charge in [-0.25, -0.2) is 9.97 Å². The molecule has 4 aromatic rings. The lowest BCUT2D eigenvalue weighted by Crippen LogP contribution is -1.98. The van der Waals surface area contributed by atoms with E-state index in [4.69, 9.17) is 0 Å². The lowest BCUT2D eigenvalue weighted by molar-refractivity contribution is 0.111. The van der Waals surface area contributed by atoms with Gasteiger partial charge in [0.2, 0.25) is 0 Å². The SMILES string of the molecule is O=Cc1c2ccccc2c(C=O)c2nc3ccccc3nc12. The molecule has 3 aromatic carbocycles. The van der Waals surface area contributed by atoms with Gasteiger partial charge < -0.3 is 0 Å². The van der Waals surface area contributed by atoms with Crippen LogP contribution in [-0.4, -0.2) is 22.5 Å². The Morgan fingerprint density at radius 2 is 1.05 bits per heavy atom. The summed E-state index contributed by atoms with van der Waals surface area (Å²) in [5.74, 6) is 0. The van der Waals surface area contributed by atoms with Gasteiger partial charge in [0, 0.05) is 0 Å². The van der Waals surface area contributed by atoms with Gasteiger partial charge >= 0.3 is 0 Å². The summed E-state index contributed by atoms with van der Waals surface area (Å²) in [5, 5.41) is 1.44. The van der Waals surface area contributed by atoms with Crippen molar-refractivity contribution < 1.29 is 9.59 Å². The molecule has 1 heterocycles. The molecule has 0 saturated heterocycles. The van der Waals surface area contributed by atoms with Crippen LogP contribution in [0, 0.1) is 0 Å². The Hall–Kier alpha value is -3.14. The van der Waals surface area contributed by atoms with Crippen molar-refractivity contribution in [2.75, 3.05) is 0 Å². The lowest BCUT2D eigenvalue weighted by atomic mass is 9.98. The normalized spacial score (nSPS) is 11.1. The topological polar surface area (TPSA) is 59.9 Å². The standard InChI is InChI=1S/C18H10N2O2/c21-9-13-11-5-1-2-6-12(11)14(10-22)18-17(13)19-15-7-3-4-8-16(15)20-18/h1-10H. The molecular weight excluding hydrogens is 276 g/mol. The van der Waals surface area contributed by atoms with Crippen molar-refractivity contribution in [3.8, 4) is 0 Å². The van der Waals surface area contributed by atoms with Crippen molar-refractivity contribution >= 4 is 45.4 Å². The maximum Gasteiger partial charge on any atom is 0.152 e. The molecule has 4 heteroatoms. The Morgan fingerprint density at radius 1 is 0.636 bits per heavy atom. The molecule has 104 valence electrons. The molecule has 0 N–H and O–H groups in total. The van der Waals surface area contributed by atoms with Crippen LogP contribution in [0.3, 0.4) is 0 Å². The van der Waals surface area contributed by atoms with Crippen molar-refractivity contribution in [2.45, 2.75) is 0 Å². The third kappa shape index (κ3) is 1.64. The zero-order chi connectivity index (χ0) is 15.1. The molecule has 0 radical (unpaired) electrons. The molecule has 1 aromatic heterocycles. The number of para-hydroxylation sites is 2. The number of rotatable bonds is 2. The molecule has 0 bridgehead atoms. The van der Waals surface area contributed by atoms with Crippen LogP contribution in [0.15, 0.2) is 48.5 Å². The molecule has 4 rings (SSSR count). The van der Waals surface area contributed by atoms with Gasteiger partial charge in [0.1, 0.15) is 11.0 Å². The molecule has 0 aliphatic carbocycles. The van der Waals surface area contributed by atoms with Crippen LogP contribution in [0.1, 0.15) is 20.7 Å². The number of carbonyl (C=O) groups excluding carboxylic acids is 2. The van der Waals surface area contributed by atoms with Crippen LogP contribution in [0.4, 0.5) is 0 Å². The van der Waals surface area contributed by atoms with Crippen molar-refractivity contribution in [2.24, 2.45) is 0 Å². The molecular formula is C18H10N2O2. The van der Waals surface area contributed by atoms with Crippen LogP contribution in [-0.2, 0) is 0 Å². The average Bonchev–Trinajstić information content (AvgIpc) is 2.58. The number of carbonyl (C=O) groups is 2. The van der Waals surface area contributed by atoms with E-state index in [1.807, 2.05) is 48.5 Å². The molecule has 0 atom stereocenters. The van der Waals surface area contributed by atoms with Gasteiger partial charge in [0.05, 0.1) is 22.2 Å². The number of hydrogen-bond donors (Lipinski definition) is 0. The highest BCUT2D eigenvalue weighted by molar-refractivity contribution is 6.18. The average molecular weight is 286 g/mol. The summed E-state index contributed by atoms with van der Waals surface area (Å²) >= 11 is 0. The Balaban J connectivity index is 2.35. The van der Waals surface area contributed by atoms with Gasteiger partial charge in [-0.15, -0.1) is 0 Å². The van der Waals surface area contributed by atoms with E-state index in [-0.39, 0.29) is 0 Å². The first-order valence-electron chi connectivity index (χ1n) is 6.85. The smallest absolute Gasteiger partial charge is 0.152 e. The molecule has 0 spiro atoms.